The molecule has 106 valence electrons. The molecule has 0 amide bonds. The van der Waals surface area contributed by atoms with E-state index in [9.17, 15) is 26.3 Å². The van der Waals surface area contributed by atoms with Gasteiger partial charge in [0.2, 0.25) is 5.82 Å². The minimum absolute atomic E-state index is 0.566. The molecule has 0 atom stereocenters. The van der Waals surface area contributed by atoms with Crippen LogP contribution < -0.4 is 0 Å². The Morgan fingerprint density at radius 3 is 2.20 bits per heavy atom. The lowest BCUT2D eigenvalue weighted by molar-refractivity contribution is -0.144. The summed E-state index contributed by atoms with van der Waals surface area (Å²) in [4.78, 5) is 6.00. The smallest absolute Gasteiger partial charge is 0.224 e. The van der Waals surface area contributed by atoms with Crippen molar-refractivity contribution in [1.29, 1.82) is 0 Å². The molecule has 0 spiro atoms. The molecule has 0 fully saturated rings. The summed E-state index contributed by atoms with van der Waals surface area (Å²) in [6.45, 7) is 0. The van der Waals surface area contributed by atoms with Gasteiger partial charge in [0.1, 0.15) is 5.15 Å². The fourth-order valence-electron chi connectivity index (χ4n) is 1.41. The molecule has 2 rings (SSSR count). The summed E-state index contributed by atoms with van der Waals surface area (Å²) >= 11 is 5.39. The average molecular weight is 313 g/mol. The molecule has 0 aliphatic heterocycles. The molecule has 0 bridgehead atoms. The summed E-state index contributed by atoms with van der Waals surface area (Å²) in [6.07, 6.45) is -4.91. The largest absolute Gasteiger partial charge is 0.451 e. The maximum absolute atomic E-state index is 13.5. The zero-order valence-electron chi connectivity index (χ0n) is 9.27. The molecular weight excluding hydrogens is 310 g/mol. The van der Waals surface area contributed by atoms with Crippen LogP contribution >= 0.6 is 11.6 Å². The average Bonchev–Trinajstić information content (AvgIpc) is 2.34. The van der Waals surface area contributed by atoms with E-state index in [0.717, 1.165) is 12.1 Å². The van der Waals surface area contributed by atoms with Gasteiger partial charge in [-0.15, -0.1) is 0 Å². The number of alkyl halides is 3. The number of hydrogen-bond donors (Lipinski definition) is 0. The molecular formula is C11H3ClF6N2. The van der Waals surface area contributed by atoms with Gasteiger partial charge in [0.05, 0.1) is 5.69 Å². The van der Waals surface area contributed by atoms with E-state index in [1.807, 2.05) is 0 Å². The van der Waals surface area contributed by atoms with E-state index >= 15 is 0 Å². The summed E-state index contributed by atoms with van der Waals surface area (Å²) in [5.41, 5.74) is -1.26. The van der Waals surface area contributed by atoms with E-state index in [1.165, 1.54) is 0 Å². The third-order valence-corrected chi connectivity index (χ3v) is 2.45. The van der Waals surface area contributed by atoms with Crippen molar-refractivity contribution >= 4 is 11.6 Å². The lowest BCUT2D eigenvalue weighted by Gasteiger charge is -2.09. The first-order chi connectivity index (χ1) is 9.20. The molecule has 0 aliphatic rings. The van der Waals surface area contributed by atoms with E-state index in [-0.39, 0.29) is 0 Å². The number of benzene rings is 1. The second-order valence-corrected chi connectivity index (χ2v) is 4.01. The lowest BCUT2D eigenvalue weighted by Crippen LogP contribution is -2.12. The number of halogens is 7. The van der Waals surface area contributed by atoms with Gasteiger partial charge in [-0.1, -0.05) is 11.6 Å². The summed E-state index contributed by atoms with van der Waals surface area (Å²) < 4.78 is 76.8. The molecule has 0 saturated heterocycles. The second-order valence-electron chi connectivity index (χ2n) is 3.62. The molecule has 0 aliphatic carbocycles. The predicted molar refractivity (Wildman–Crippen MR) is 57.4 cm³/mol. The van der Waals surface area contributed by atoms with Crippen molar-refractivity contribution in [2.45, 2.75) is 6.18 Å². The van der Waals surface area contributed by atoms with Crippen LogP contribution in [0.15, 0.2) is 18.2 Å². The van der Waals surface area contributed by atoms with Gasteiger partial charge >= 0.3 is 6.18 Å². The zero-order valence-corrected chi connectivity index (χ0v) is 10.0. The van der Waals surface area contributed by atoms with Crippen LogP contribution in [0.4, 0.5) is 26.3 Å². The fourth-order valence-corrected chi connectivity index (χ4v) is 1.59. The van der Waals surface area contributed by atoms with Crippen molar-refractivity contribution in [2.75, 3.05) is 0 Å². The quantitative estimate of drug-likeness (QED) is 0.447. The Balaban J connectivity index is 2.65. The summed E-state index contributed by atoms with van der Waals surface area (Å²) in [5, 5.41) is -0.605. The van der Waals surface area contributed by atoms with E-state index in [0.29, 0.717) is 6.07 Å². The Kier molecular flexibility index (Phi) is 3.59. The van der Waals surface area contributed by atoms with Crippen LogP contribution in [-0.4, -0.2) is 9.97 Å². The van der Waals surface area contributed by atoms with Gasteiger partial charge in [-0.3, -0.25) is 0 Å². The minimum Gasteiger partial charge on any atom is -0.224 e. The molecule has 0 radical (unpaired) electrons. The molecule has 0 unspecified atom stereocenters. The van der Waals surface area contributed by atoms with E-state index in [4.69, 9.17) is 11.6 Å². The monoisotopic (exact) mass is 312 g/mol. The standard InChI is InChI=1S/C11H3ClF6N2/c12-7-3-6(19-10(20-7)11(16,17)18)4-1-2-5(13)9(15)8(4)14/h1-3H. The van der Waals surface area contributed by atoms with E-state index in [2.05, 4.69) is 9.97 Å². The van der Waals surface area contributed by atoms with Crippen LogP contribution in [0.25, 0.3) is 11.3 Å². The highest BCUT2D eigenvalue weighted by Crippen LogP contribution is 2.31. The molecule has 0 N–H and O–H groups in total. The second kappa shape index (κ2) is 4.93. The molecule has 2 aromatic rings. The van der Waals surface area contributed by atoms with Gasteiger partial charge in [-0.2, -0.15) is 13.2 Å². The van der Waals surface area contributed by atoms with Crippen molar-refractivity contribution in [3.63, 3.8) is 0 Å². The molecule has 1 aromatic carbocycles. The van der Waals surface area contributed by atoms with Crippen LogP contribution in [0.5, 0.6) is 0 Å². The highest BCUT2D eigenvalue weighted by Gasteiger charge is 2.35. The van der Waals surface area contributed by atoms with Crippen LogP contribution in [0, 0.1) is 17.5 Å². The van der Waals surface area contributed by atoms with Crippen molar-refractivity contribution in [3.8, 4) is 11.3 Å². The van der Waals surface area contributed by atoms with E-state index < -0.39 is 45.9 Å². The van der Waals surface area contributed by atoms with Gasteiger partial charge < -0.3 is 0 Å². The van der Waals surface area contributed by atoms with Crippen LogP contribution in [0.1, 0.15) is 5.82 Å². The van der Waals surface area contributed by atoms with Gasteiger partial charge in [0.25, 0.3) is 0 Å². The zero-order chi connectivity index (χ0) is 15.1. The maximum atomic E-state index is 13.5. The topological polar surface area (TPSA) is 25.8 Å². The molecule has 0 saturated carbocycles. The fraction of sp³-hybridized carbons (Fsp3) is 0.0909. The van der Waals surface area contributed by atoms with E-state index in [1.54, 1.807) is 0 Å². The van der Waals surface area contributed by atoms with Crippen molar-refractivity contribution in [1.82, 2.24) is 9.97 Å². The Morgan fingerprint density at radius 1 is 0.950 bits per heavy atom. The number of hydrogen-bond acceptors (Lipinski definition) is 2. The molecule has 1 aromatic heterocycles. The lowest BCUT2D eigenvalue weighted by atomic mass is 10.1. The normalized spacial score (nSPS) is 11.8. The molecule has 20 heavy (non-hydrogen) atoms. The SMILES string of the molecule is Fc1ccc(-c2cc(Cl)nc(C(F)(F)F)n2)c(F)c1F. The van der Waals surface area contributed by atoms with Gasteiger partial charge in [-0.25, -0.2) is 23.1 Å². The highest BCUT2D eigenvalue weighted by molar-refractivity contribution is 6.29. The van der Waals surface area contributed by atoms with Crippen molar-refractivity contribution < 1.29 is 26.3 Å². The summed E-state index contributed by atoms with van der Waals surface area (Å²) in [7, 11) is 0. The highest BCUT2D eigenvalue weighted by atomic mass is 35.5. The minimum atomic E-state index is -4.91. The third-order valence-electron chi connectivity index (χ3n) is 2.26. The predicted octanol–water partition coefficient (Wildman–Crippen LogP) is 4.23. The molecule has 9 heteroatoms. The van der Waals surface area contributed by atoms with Crippen molar-refractivity contribution in [3.05, 3.63) is 46.6 Å². The Bertz CT molecular complexity index is 671. The molecule has 2 nitrogen and oxygen atoms in total. The van der Waals surface area contributed by atoms with Crippen LogP contribution in [0.3, 0.4) is 0 Å². The van der Waals surface area contributed by atoms with Gasteiger partial charge in [0.15, 0.2) is 17.5 Å². The first-order valence-corrected chi connectivity index (χ1v) is 5.33. The van der Waals surface area contributed by atoms with Gasteiger partial charge in [-0.05, 0) is 12.1 Å². The van der Waals surface area contributed by atoms with Gasteiger partial charge in [0, 0.05) is 11.6 Å². The number of rotatable bonds is 1. The Morgan fingerprint density at radius 2 is 1.60 bits per heavy atom. The van der Waals surface area contributed by atoms with Crippen LogP contribution in [-0.2, 0) is 6.18 Å². The third kappa shape index (κ3) is 2.69. The maximum Gasteiger partial charge on any atom is 0.451 e. The Hall–Kier alpha value is -1.83. The first kappa shape index (κ1) is 14.6. The van der Waals surface area contributed by atoms with Crippen molar-refractivity contribution in [2.24, 2.45) is 0 Å². The van der Waals surface area contributed by atoms with Crippen LogP contribution in [0.2, 0.25) is 5.15 Å². The number of nitrogens with zero attached hydrogens (tertiary/aromatic N) is 2. The Labute approximate surface area is 113 Å². The number of aromatic nitrogens is 2. The summed E-state index contributed by atoms with van der Waals surface area (Å²) in [5.74, 6) is -6.55. The summed E-state index contributed by atoms with van der Waals surface area (Å²) in [6, 6.07) is 2.14. The first-order valence-electron chi connectivity index (χ1n) is 4.96. The molecule has 1 heterocycles.